The van der Waals surface area contributed by atoms with Crippen LogP contribution in [0.2, 0.25) is 0 Å². The van der Waals surface area contributed by atoms with Gasteiger partial charge in [-0.3, -0.25) is 9.59 Å². The first-order valence-electron chi connectivity index (χ1n) is 6.32. The number of hydrogen-bond donors (Lipinski definition) is 0. The third-order valence-electron chi connectivity index (χ3n) is 1.84. The number of hydrogen-bond acceptors (Lipinski definition) is 4. The molecule has 0 fully saturated rings. The number of esters is 2. The molecule has 0 heterocycles. The predicted octanol–water partition coefficient (Wildman–Crippen LogP) is 2.18. The van der Waals surface area contributed by atoms with Crippen LogP contribution in [0.5, 0.6) is 0 Å². The van der Waals surface area contributed by atoms with Crippen molar-refractivity contribution in [1.29, 1.82) is 0 Å². The lowest BCUT2D eigenvalue weighted by atomic mass is 10.3. The molecule has 0 aliphatic heterocycles. The summed E-state index contributed by atoms with van der Waals surface area (Å²) in [5.41, 5.74) is 0. The molecule has 0 spiro atoms. The van der Waals surface area contributed by atoms with Crippen molar-refractivity contribution in [2.75, 3.05) is 6.61 Å². The lowest BCUT2D eigenvalue weighted by Gasteiger charge is -2.12. The summed E-state index contributed by atoms with van der Waals surface area (Å²) in [5.74, 6) is 9.87. The van der Waals surface area contributed by atoms with Gasteiger partial charge in [0, 0.05) is 13.8 Å². The van der Waals surface area contributed by atoms with Gasteiger partial charge in [0.1, 0.15) is 6.61 Å². The molecule has 21 heavy (non-hydrogen) atoms. The topological polar surface area (TPSA) is 52.6 Å². The van der Waals surface area contributed by atoms with Crippen molar-refractivity contribution in [3.63, 3.8) is 0 Å². The molecular weight excluding hydrogens is 268 g/mol. The molecule has 0 N–H and O–H groups in total. The molecular formula is C17H18O4. The van der Waals surface area contributed by atoms with Gasteiger partial charge in [-0.05, 0) is 37.0 Å². The fourth-order valence-electron chi connectivity index (χ4n) is 1.07. The molecule has 1 atom stereocenters. The van der Waals surface area contributed by atoms with Crippen LogP contribution in [0.4, 0.5) is 0 Å². The lowest BCUT2D eigenvalue weighted by molar-refractivity contribution is -0.153. The van der Waals surface area contributed by atoms with Crippen LogP contribution in [-0.2, 0) is 19.1 Å². The van der Waals surface area contributed by atoms with E-state index in [1.165, 1.54) is 13.8 Å². The van der Waals surface area contributed by atoms with Crippen LogP contribution in [0, 0.1) is 23.7 Å². The maximum atomic E-state index is 10.9. The van der Waals surface area contributed by atoms with E-state index in [1.54, 1.807) is 30.4 Å². The Labute approximate surface area is 125 Å². The monoisotopic (exact) mass is 286 g/mol. The minimum Gasteiger partial charge on any atom is -0.462 e. The summed E-state index contributed by atoms with van der Waals surface area (Å²) in [4.78, 5) is 21.6. The van der Waals surface area contributed by atoms with Crippen LogP contribution in [0.1, 0.15) is 20.8 Å². The van der Waals surface area contributed by atoms with Crippen LogP contribution in [0.25, 0.3) is 0 Å². The van der Waals surface area contributed by atoms with Crippen LogP contribution in [-0.4, -0.2) is 24.6 Å². The van der Waals surface area contributed by atoms with Crippen molar-refractivity contribution in [2.24, 2.45) is 0 Å². The molecule has 0 rings (SSSR count). The van der Waals surface area contributed by atoms with Crippen molar-refractivity contribution >= 4 is 11.9 Å². The zero-order valence-corrected chi connectivity index (χ0v) is 12.4. The predicted molar refractivity (Wildman–Crippen MR) is 80.8 cm³/mol. The van der Waals surface area contributed by atoms with Crippen LogP contribution in [0.3, 0.4) is 0 Å². The molecule has 1 unspecified atom stereocenters. The summed E-state index contributed by atoms with van der Waals surface area (Å²) in [6, 6.07) is 0. The van der Waals surface area contributed by atoms with Gasteiger partial charge in [-0.25, -0.2) is 0 Å². The third kappa shape index (κ3) is 13.5. The van der Waals surface area contributed by atoms with Crippen molar-refractivity contribution in [3.8, 4) is 23.7 Å². The summed E-state index contributed by atoms with van der Waals surface area (Å²) in [7, 11) is 0. The molecule has 110 valence electrons. The normalized spacial score (nSPS) is 11.6. The fourth-order valence-corrected chi connectivity index (χ4v) is 1.07. The summed E-state index contributed by atoms with van der Waals surface area (Å²) in [5, 5.41) is 0. The molecule has 0 aromatic heterocycles. The highest BCUT2D eigenvalue weighted by molar-refractivity contribution is 5.67. The molecule has 4 heteroatoms. The Bertz CT molecular complexity index is 545. The number of allylic oxidation sites excluding steroid dienone is 5. The van der Waals surface area contributed by atoms with Crippen LogP contribution < -0.4 is 0 Å². The minimum absolute atomic E-state index is 0.0141. The molecule has 0 saturated carbocycles. The zero-order chi connectivity index (χ0) is 15.9. The van der Waals surface area contributed by atoms with Gasteiger partial charge < -0.3 is 9.47 Å². The highest BCUT2D eigenvalue weighted by atomic mass is 16.6. The summed E-state index contributed by atoms with van der Waals surface area (Å²) in [6.07, 6.45) is 9.46. The molecule has 0 saturated heterocycles. The van der Waals surface area contributed by atoms with Gasteiger partial charge in [-0.15, -0.1) is 0 Å². The smallest absolute Gasteiger partial charge is 0.303 e. The Morgan fingerprint density at radius 3 is 2.29 bits per heavy atom. The highest BCUT2D eigenvalue weighted by Crippen LogP contribution is 1.98. The molecule has 0 bridgehead atoms. The molecule has 0 amide bonds. The number of carbonyl (C=O) groups excluding carboxylic acids is 2. The standard InChI is InChI=1S/C17H18O4/c1-4-5-6-7-8-9-10-11-12-13-17(21-16(3)19)14-20-15(2)18/h4-5,10-13,17H,14H2,1-3H3/b5-4+,11-10+,13-12+. The van der Waals surface area contributed by atoms with E-state index in [1.807, 2.05) is 13.0 Å². The van der Waals surface area contributed by atoms with Gasteiger partial charge in [0.05, 0.1) is 0 Å². The van der Waals surface area contributed by atoms with Crippen LogP contribution in [0.15, 0.2) is 36.5 Å². The highest BCUT2D eigenvalue weighted by Gasteiger charge is 2.09. The Morgan fingerprint density at radius 2 is 1.71 bits per heavy atom. The van der Waals surface area contributed by atoms with Crippen molar-refractivity contribution in [1.82, 2.24) is 0 Å². The van der Waals surface area contributed by atoms with E-state index >= 15 is 0 Å². The molecule has 0 aromatic carbocycles. The first-order valence-corrected chi connectivity index (χ1v) is 6.32. The number of carbonyl (C=O) groups is 2. The Hall–Kier alpha value is -2.72. The van der Waals surface area contributed by atoms with E-state index in [0.717, 1.165) is 0 Å². The van der Waals surface area contributed by atoms with Crippen molar-refractivity contribution in [2.45, 2.75) is 26.9 Å². The average molecular weight is 286 g/mol. The number of rotatable bonds is 5. The zero-order valence-electron chi connectivity index (χ0n) is 12.4. The molecule has 0 aliphatic carbocycles. The van der Waals surface area contributed by atoms with Gasteiger partial charge >= 0.3 is 11.9 Å². The first kappa shape index (κ1) is 18.3. The van der Waals surface area contributed by atoms with Gasteiger partial charge in [0.2, 0.25) is 0 Å². The Kier molecular flexibility index (Phi) is 10.7. The molecule has 4 nitrogen and oxygen atoms in total. The quantitative estimate of drug-likeness (QED) is 0.441. The average Bonchev–Trinajstić information content (AvgIpc) is 2.42. The number of ether oxygens (including phenoxy) is 2. The maximum absolute atomic E-state index is 10.9. The van der Waals surface area contributed by atoms with Crippen molar-refractivity contribution in [3.05, 3.63) is 36.5 Å². The van der Waals surface area contributed by atoms with E-state index in [-0.39, 0.29) is 6.61 Å². The SMILES string of the molecule is C/C=C/C#CC#C/C=C/C=C/C(COC(C)=O)OC(C)=O. The summed E-state index contributed by atoms with van der Waals surface area (Å²) in [6.45, 7) is 4.44. The molecule has 0 radical (unpaired) electrons. The lowest BCUT2D eigenvalue weighted by Crippen LogP contribution is -2.21. The van der Waals surface area contributed by atoms with E-state index in [0.29, 0.717) is 0 Å². The second-order valence-corrected chi connectivity index (χ2v) is 3.73. The van der Waals surface area contributed by atoms with Crippen LogP contribution >= 0.6 is 0 Å². The third-order valence-corrected chi connectivity index (χ3v) is 1.84. The molecule has 0 aliphatic rings. The van der Waals surface area contributed by atoms with E-state index in [9.17, 15) is 9.59 Å². The van der Waals surface area contributed by atoms with E-state index in [2.05, 4.69) is 23.7 Å². The molecule has 0 aromatic rings. The van der Waals surface area contributed by atoms with E-state index in [4.69, 9.17) is 9.47 Å². The second kappa shape index (κ2) is 12.3. The van der Waals surface area contributed by atoms with Crippen molar-refractivity contribution < 1.29 is 19.1 Å². The van der Waals surface area contributed by atoms with Gasteiger partial charge in [-0.2, -0.15) is 0 Å². The first-order chi connectivity index (χ1) is 10.1. The largest absolute Gasteiger partial charge is 0.462 e. The Morgan fingerprint density at radius 1 is 1.05 bits per heavy atom. The second-order valence-electron chi connectivity index (χ2n) is 3.73. The fraction of sp³-hybridized carbons (Fsp3) is 0.294. The van der Waals surface area contributed by atoms with Gasteiger partial charge in [0.15, 0.2) is 6.10 Å². The van der Waals surface area contributed by atoms with E-state index < -0.39 is 18.0 Å². The summed E-state index contributed by atoms with van der Waals surface area (Å²) < 4.78 is 9.76. The summed E-state index contributed by atoms with van der Waals surface area (Å²) >= 11 is 0. The maximum Gasteiger partial charge on any atom is 0.303 e. The van der Waals surface area contributed by atoms with Gasteiger partial charge in [-0.1, -0.05) is 30.1 Å². The Balaban J connectivity index is 4.39. The minimum atomic E-state index is -0.613. The van der Waals surface area contributed by atoms with Gasteiger partial charge in [0.25, 0.3) is 0 Å².